The van der Waals surface area contributed by atoms with Gasteiger partial charge in [-0.25, -0.2) is 4.98 Å². The number of halogens is 2. The van der Waals surface area contributed by atoms with Crippen LogP contribution in [0.25, 0.3) is 0 Å². The Labute approximate surface area is 178 Å². The third-order valence-electron chi connectivity index (χ3n) is 4.78. The minimum Gasteiger partial charge on any atom is -0.322 e. The molecule has 0 fully saturated rings. The van der Waals surface area contributed by atoms with E-state index in [4.69, 9.17) is 23.2 Å². The molecule has 0 saturated heterocycles. The fourth-order valence-corrected chi connectivity index (χ4v) is 3.53. The fourth-order valence-electron chi connectivity index (χ4n) is 3.30. The molecule has 1 aromatic heterocycles. The largest absolute Gasteiger partial charge is 0.322 e. The molecule has 0 spiro atoms. The van der Waals surface area contributed by atoms with Crippen LogP contribution >= 0.6 is 23.2 Å². The number of aryl methyl sites for hydroxylation is 1. The molecule has 3 aromatic rings. The number of benzene rings is 2. The van der Waals surface area contributed by atoms with Gasteiger partial charge in [0.2, 0.25) is 5.91 Å². The maximum atomic E-state index is 12.5. The van der Waals surface area contributed by atoms with Crippen LogP contribution in [-0.4, -0.2) is 16.8 Å². The maximum absolute atomic E-state index is 12.5. The van der Waals surface area contributed by atoms with Crippen LogP contribution in [0.4, 0.5) is 11.4 Å². The molecule has 0 unspecified atom stereocenters. The van der Waals surface area contributed by atoms with Crippen molar-refractivity contribution in [1.82, 2.24) is 4.98 Å². The van der Waals surface area contributed by atoms with Gasteiger partial charge in [-0.3, -0.25) is 9.59 Å². The molecule has 2 aromatic carbocycles. The third kappa shape index (κ3) is 4.42. The summed E-state index contributed by atoms with van der Waals surface area (Å²) in [5.41, 5.74) is 3.98. The summed E-state index contributed by atoms with van der Waals surface area (Å²) in [5.74, 6) is -0.185. The standard InChI is InChI=1S/C22H17Cl2N3O2/c23-17-5-1-14(2-6-17)13-27-19-8-7-18(11-15(19)4-10-21(27)28)26-22(29)16-3-9-20(24)25-12-16/h1-3,5-9,11-12H,4,10,13H2,(H,26,29). The van der Waals surface area contributed by atoms with E-state index in [2.05, 4.69) is 10.3 Å². The van der Waals surface area contributed by atoms with Crippen molar-refractivity contribution in [2.45, 2.75) is 19.4 Å². The highest BCUT2D eigenvalue weighted by Crippen LogP contribution is 2.32. The van der Waals surface area contributed by atoms with E-state index in [0.29, 0.717) is 40.8 Å². The molecule has 0 bridgehead atoms. The van der Waals surface area contributed by atoms with Gasteiger partial charge >= 0.3 is 0 Å². The number of aromatic nitrogens is 1. The lowest BCUT2D eigenvalue weighted by Crippen LogP contribution is -2.34. The Bertz CT molecular complexity index is 1070. The first kappa shape index (κ1) is 19.4. The zero-order valence-corrected chi connectivity index (χ0v) is 16.9. The molecule has 7 heteroatoms. The molecule has 1 N–H and O–H groups in total. The van der Waals surface area contributed by atoms with Crippen LogP contribution in [0, 0.1) is 0 Å². The number of hydrogen-bond donors (Lipinski definition) is 1. The van der Waals surface area contributed by atoms with Gasteiger partial charge in [0.05, 0.1) is 12.1 Å². The predicted molar refractivity (Wildman–Crippen MR) is 115 cm³/mol. The number of hydrogen-bond acceptors (Lipinski definition) is 3. The first-order chi connectivity index (χ1) is 14.0. The lowest BCUT2D eigenvalue weighted by atomic mass is 9.99. The topological polar surface area (TPSA) is 62.3 Å². The first-order valence-corrected chi connectivity index (χ1v) is 9.86. The number of pyridine rings is 1. The number of amides is 2. The molecule has 2 amide bonds. The number of nitrogens with one attached hydrogen (secondary N) is 1. The van der Waals surface area contributed by atoms with E-state index in [1.54, 1.807) is 23.1 Å². The van der Waals surface area contributed by atoms with E-state index >= 15 is 0 Å². The van der Waals surface area contributed by atoms with Crippen molar-refractivity contribution in [3.8, 4) is 0 Å². The average molecular weight is 426 g/mol. The number of carbonyl (C=O) groups excluding carboxylic acids is 2. The van der Waals surface area contributed by atoms with Crippen LogP contribution in [0.15, 0.2) is 60.8 Å². The Morgan fingerprint density at radius 3 is 2.55 bits per heavy atom. The molecule has 0 saturated carbocycles. The van der Waals surface area contributed by atoms with Crippen molar-refractivity contribution in [2.24, 2.45) is 0 Å². The van der Waals surface area contributed by atoms with Gasteiger partial charge < -0.3 is 10.2 Å². The lowest BCUT2D eigenvalue weighted by Gasteiger charge is -2.30. The Morgan fingerprint density at radius 1 is 1.03 bits per heavy atom. The van der Waals surface area contributed by atoms with Crippen molar-refractivity contribution in [1.29, 1.82) is 0 Å². The van der Waals surface area contributed by atoms with Gasteiger partial charge in [-0.2, -0.15) is 0 Å². The SMILES string of the molecule is O=C(Nc1ccc2c(c1)CCC(=O)N2Cc1ccc(Cl)cc1)c1ccc(Cl)nc1. The molecule has 29 heavy (non-hydrogen) atoms. The average Bonchev–Trinajstić information content (AvgIpc) is 2.72. The van der Waals surface area contributed by atoms with E-state index in [9.17, 15) is 9.59 Å². The predicted octanol–water partition coefficient (Wildman–Crippen LogP) is 5.12. The van der Waals surface area contributed by atoms with E-state index in [1.165, 1.54) is 6.20 Å². The number of nitrogens with zero attached hydrogens (tertiary/aromatic N) is 2. The molecular weight excluding hydrogens is 409 g/mol. The van der Waals surface area contributed by atoms with Crippen molar-refractivity contribution in [3.05, 3.63) is 87.7 Å². The monoisotopic (exact) mass is 425 g/mol. The summed E-state index contributed by atoms with van der Waals surface area (Å²) in [5, 5.41) is 3.87. The van der Waals surface area contributed by atoms with Crippen LogP contribution in [0.2, 0.25) is 10.2 Å². The van der Waals surface area contributed by atoms with Crippen LogP contribution in [0.3, 0.4) is 0 Å². The molecule has 0 atom stereocenters. The molecule has 5 nitrogen and oxygen atoms in total. The summed E-state index contributed by atoms with van der Waals surface area (Å²) in [6, 6.07) is 16.2. The molecule has 0 radical (unpaired) electrons. The van der Waals surface area contributed by atoms with Gasteiger partial charge in [-0.1, -0.05) is 35.3 Å². The molecule has 1 aliphatic heterocycles. The first-order valence-electron chi connectivity index (χ1n) is 9.10. The van der Waals surface area contributed by atoms with Gasteiger partial charge in [-0.05, 0) is 60.0 Å². The second-order valence-corrected chi connectivity index (χ2v) is 7.60. The minimum atomic E-state index is -0.265. The van der Waals surface area contributed by atoms with Gasteiger partial charge in [0.25, 0.3) is 5.91 Å². The second-order valence-electron chi connectivity index (χ2n) is 6.77. The summed E-state index contributed by atoms with van der Waals surface area (Å²) in [6.07, 6.45) is 2.50. The Morgan fingerprint density at radius 2 is 1.83 bits per heavy atom. The maximum Gasteiger partial charge on any atom is 0.257 e. The minimum absolute atomic E-state index is 0.0801. The van der Waals surface area contributed by atoms with Crippen molar-refractivity contribution in [2.75, 3.05) is 10.2 Å². The van der Waals surface area contributed by atoms with Crippen molar-refractivity contribution < 1.29 is 9.59 Å². The Hall–Kier alpha value is -2.89. The Balaban J connectivity index is 1.54. The summed E-state index contributed by atoms with van der Waals surface area (Å²) >= 11 is 11.7. The highest BCUT2D eigenvalue weighted by Gasteiger charge is 2.24. The fraction of sp³-hybridized carbons (Fsp3) is 0.136. The molecule has 1 aliphatic rings. The highest BCUT2D eigenvalue weighted by atomic mass is 35.5. The van der Waals surface area contributed by atoms with Gasteiger partial charge in [0, 0.05) is 29.0 Å². The normalized spacial score (nSPS) is 13.2. The number of carbonyl (C=O) groups is 2. The molecule has 4 rings (SSSR count). The highest BCUT2D eigenvalue weighted by molar-refractivity contribution is 6.30. The number of rotatable bonds is 4. The van der Waals surface area contributed by atoms with E-state index in [0.717, 1.165) is 16.8 Å². The zero-order chi connectivity index (χ0) is 20.4. The van der Waals surface area contributed by atoms with E-state index in [1.807, 2.05) is 36.4 Å². The van der Waals surface area contributed by atoms with Gasteiger partial charge in [0.1, 0.15) is 5.15 Å². The summed E-state index contributed by atoms with van der Waals surface area (Å²) in [6.45, 7) is 0.477. The molecule has 146 valence electrons. The smallest absolute Gasteiger partial charge is 0.257 e. The van der Waals surface area contributed by atoms with Crippen molar-refractivity contribution in [3.63, 3.8) is 0 Å². The molecular formula is C22H17Cl2N3O2. The van der Waals surface area contributed by atoms with Crippen LogP contribution < -0.4 is 10.2 Å². The second kappa shape index (κ2) is 8.23. The lowest BCUT2D eigenvalue weighted by molar-refractivity contribution is -0.119. The number of anilines is 2. The zero-order valence-electron chi connectivity index (χ0n) is 15.4. The molecule has 2 heterocycles. The quantitative estimate of drug-likeness (QED) is 0.589. The van der Waals surface area contributed by atoms with Crippen molar-refractivity contribution >= 4 is 46.4 Å². The Kier molecular flexibility index (Phi) is 5.51. The van der Waals surface area contributed by atoms with Gasteiger partial charge in [-0.15, -0.1) is 0 Å². The van der Waals surface area contributed by atoms with Crippen LogP contribution in [-0.2, 0) is 17.8 Å². The van der Waals surface area contributed by atoms with Crippen LogP contribution in [0.1, 0.15) is 27.9 Å². The van der Waals surface area contributed by atoms with Gasteiger partial charge in [0.15, 0.2) is 0 Å². The molecule has 0 aliphatic carbocycles. The van der Waals surface area contributed by atoms with Crippen LogP contribution in [0.5, 0.6) is 0 Å². The third-order valence-corrected chi connectivity index (χ3v) is 5.26. The summed E-state index contributed by atoms with van der Waals surface area (Å²) in [4.78, 5) is 30.6. The van der Waals surface area contributed by atoms with E-state index < -0.39 is 0 Å². The summed E-state index contributed by atoms with van der Waals surface area (Å²) < 4.78 is 0. The van der Waals surface area contributed by atoms with E-state index in [-0.39, 0.29) is 11.8 Å². The number of fused-ring (bicyclic) bond motifs is 1. The summed E-state index contributed by atoms with van der Waals surface area (Å²) in [7, 11) is 0.